The molecule has 1 fully saturated rings. The van der Waals surface area contributed by atoms with Crippen LogP contribution in [0.2, 0.25) is 0 Å². The number of benzene rings is 2. The number of rotatable bonds is 2. The van der Waals surface area contributed by atoms with Crippen LogP contribution in [0.3, 0.4) is 0 Å². The highest BCUT2D eigenvalue weighted by Gasteiger charge is 2.39. The molecule has 0 bridgehead atoms. The van der Waals surface area contributed by atoms with Crippen LogP contribution in [-0.2, 0) is 4.84 Å². The molecule has 2 aromatic carbocycles. The van der Waals surface area contributed by atoms with Gasteiger partial charge in [-0.2, -0.15) is 0 Å². The third-order valence-electron chi connectivity index (χ3n) is 5.11. The molecule has 1 spiro atoms. The lowest BCUT2D eigenvalue weighted by Gasteiger charge is -2.36. The second-order valence-corrected chi connectivity index (χ2v) is 7.12. The van der Waals surface area contributed by atoms with Crippen molar-refractivity contribution in [3.8, 4) is 0 Å². The summed E-state index contributed by atoms with van der Waals surface area (Å²) in [5.41, 5.74) is 6.38. The fourth-order valence-electron chi connectivity index (χ4n) is 3.46. The largest absolute Gasteiger partial charge is 0.324 e. The van der Waals surface area contributed by atoms with Gasteiger partial charge in [-0.25, -0.2) is 9.18 Å². The van der Waals surface area contributed by atoms with E-state index in [1.807, 2.05) is 0 Å². The van der Waals surface area contributed by atoms with Crippen molar-refractivity contribution in [1.82, 2.24) is 10.4 Å². The maximum absolute atomic E-state index is 13.3. The first-order valence-corrected chi connectivity index (χ1v) is 9.08. The molecule has 2 N–H and O–H groups in total. The summed E-state index contributed by atoms with van der Waals surface area (Å²) in [6, 6.07) is 14.0. The monoisotopic (exact) mass is 367 g/mol. The van der Waals surface area contributed by atoms with Crippen molar-refractivity contribution >= 4 is 17.4 Å². The van der Waals surface area contributed by atoms with E-state index in [4.69, 9.17) is 4.84 Å². The zero-order chi connectivity index (χ0) is 18.9. The van der Waals surface area contributed by atoms with Crippen molar-refractivity contribution in [2.24, 2.45) is 0 Å². The summed E-state index contributed by atoms with van der Waals surface area (Å²) in [5.74, 6) is -0.371. The molecule has 6 heteroatoms. The number of nitrogens with one attached hydrogen (secondary N) is 2. The molecule has 2 aliphatic heterocycles. The molecule has 0 saturated carbocycles. The summed E-state index contributed by atoms with van der Waals surface area (Å²) >= 11 is 0. The van der Waals surface area contributed by atoms with Gasteiger partial charge in [0.15, 0.2) is 0 Å². The molecule has 1 saturated heterocycles. The summed E-state index contributed by atoms with van der Waals surface area (Å²) in [5, 5.41) is 2.75. The number of nitrogens with zero attached hydrogens (tertiary/aromatic N) is 1. The first-order valence-electron chi connectivity index (χ1n) is 9.08. The predicted octanol–water partition coefficient (Wildman–Crippen LogP) is 4.08. The van der Waals surface area contributed by atoms with Crippen molar-refractivity contribution in [3.63, 3.8) is 0 Å². The molecule has 2 aliphatic rings. The van der Waals surface area contributed by atoms with Crippen LogP contribution in [0.1, 0.15) is 24.0 Å². The third kappa shape index (κ3) is 3.80. The van der Waals surface area contributed by atoms with Crippen molar-refractivity contribution in [1.29, 1.82) is 0 Å². The Morgan fingerprint density at radius 3 is 2.63 bits per heavy atom. The maximum atomic E-state index is 13.3. The molecule has 5 nitrogen and oxygen atoms in total. The Morgan fingerprint density at radius 1 is 1.19 bits per heavy atom. The fourth-order valence-corrected chi connectivity index (χ4v) is 3.46. The molecule has 4 rings (SSSR count). The number of hydrogen-bond acceptors (Lipinski definition) is 3. The van der Waals surface area contributed by atoms with Crippen LogP contribution < -0.4 is 10.8 Å². The number of anilines is 1. The minimum Gasteiger partial charge on any atom is -0.324 e. The smallest absolute Gasteiger partial charge is 0.321 e. The van der Waals surface area contributed by atoms with Gasteiger partial charge in [0.05, 0.1) is 5.70 Å². The minimum absolute atomic E-state index is 0.218. The molecule has 0 atom stereocenters. The van der Waals surface area contributed by atoms with Crippen LogP contribution in [0.25, 0.3) is 5.70 Å². The van der Waals surface area contributed by atoms with E-state index < -0.39 is 5.60 Å². The third-order valence-corrected chi connectivity index (χ3v) is 5.11. The highest BCUT2D eigenvalue weighted by Crippen LogP contribution is 2.34. The van der Waals surface area contributed by atoms with E-state index in [1.54, 1.807) is 17.0 Å². The van der Waals surface area contributed by atoms with Crippen LogP contribution in [0, 0.1) is 12.7 Å². The van der Waals surface area contributed by atoms with E-state index in [0.29, 0.717) is 31.6 Å². The Hall–Kier alpha value is -2.86. The molecule has 2 aromatic rings. The number of piperidine rings is 1. The molecular weight excluding hydrogens is 345 g/mol. The summed E-state index contributed by atoms with van der Waals surface area (Å²) in [4.78, 5) is 20.0. The number of aryl methyl sites for hydroxylation is 1. The Balaban J connectivity index is 1.38. The second-order valence-electron chi connectivity index (χ2n) is 7.12. The standard InChI is InChI=1S/C21H22FN3O2/c1-15-5-7-16(8-6-15)19-14-21(27-24-19)9-11-25(12-10-21)20(26)23-18-4-2-3-17(22)13-18/h2-8,13-14,24H,9-12H2,1H3,(H,23,26). The number of hydroxylamine groups is 1. The van der Waals surface area contributed by atoms with Gasteiger partial charge >= 0.3 is 6.03 Å². The predicted molar refractivity (Wildman–Crippen MR) is 102 cm³/mol. The molecule has 0 aromatic heterocycles. The van der Waals surface area contributed by atoms with Crippen molar-refractivity contribution < 1.29 is 14.0 Å². The Bertz CT molecular complexity index is 871. The van der Waals surface area contributed by atoms with E-state index >= 15 is 0 Å². The number of hydrogen-bond donors (Lipinski definition) is 2. The maximum Gasteiger partial charge on any atom is 0.321 e. The van der Waals surface area contributed by atoms with Crippen molar-refractivity contribution in [3.05, 3.63) is 71.6 Å². The molecule has 27 heavy (non-hydrogen) atoms. The normalized spacial score (nSPS) is 18.1. The highest BCUT2D eigenvalue weighted by atomic mass is 19.1. The number of likely N-dealkylation sites (tertiary alicyclic amines) is 1. The number of urea groups is 1. The van der Waals surface area contributed by atoms with E-state index in [2.05, 4.69) is 48.1 Å². The molecule has 0 radical (unpaired) electrons. The Morgan fingerprint density at radius 2 is 1.93 bits per heavy atom. The van der Waals surface area contributed by atoms with Gasteiger partial charge in [-0.1, -0.05) is 35.9 Å². The molecule has 140 valence electrons. The van der Waals surface area contributed by atoms with E-state index in [0.717, 1.165) is 11.3 Å². The lowest BCUT2D eigenvalue weighted by Crippen LogP contribution is -2.48. The SMILES string of the molecule is Cc1ccc(C2=CC3(CCN(C(=O)Nc4cccc(F)c4)CC3)ON2)cc1. The Labute approximate surface area is 157 Å². The quantitative estimate of drug-likeness (QED) is 0.841. The first kappa shape index (κ1) is 17.5. The summed E-state index contributed by atoms with van der Waals surface area (Å²) in [7, 11) is 0. The average molecular weight is 367 g/mol. The number of carbonyl (C=O) groups excluding carboxylic acids is 1. The van der Waals surface area contributed by atoms with Gasteiger partial charge in [-0.05, 0) is 36.8 Å². The molecule has 2 heterocycles. The van der Waals surface area contributed by atoms with Gasteiger partial charge in [0.2, 0.25) is 0 Å². The topological polar surface area (TPSA) is 53.6 Å². The minimum atomic E-state index is -0.393. The summed E-state index contributed by atoms with van der Waals surface area (Å²) < 4.78 is 13.3. The summed E-state index contributed by atoms with van der Waals surface area (Å²) in [6.45, 7) is 3.20. The van der Waals surface area contributed by atoms with Crippen LogP contribution in [0.5, 0.6) is 0 Å². The second kappa shape index (κ2) is 7.04. The van der Waals surface area contributed by atoms with Gasteiger partial charge < -0.3 is 10.2 Å². The average Bonchev–Trinajstić information content (AvgIpc) is 3.06. The lowest BCUT2D eigenvalue weighted by atomic mass is 9.90. The van der Waals surface area contributed by atoms with Gasteiger partial charge in [-0.15, -0.1) is 0 Å². The highest BCUT2D eigenvalue weighted by molar-refractivity contribution is 5.89. The lowest BCUT2D eigenvalue weighted by molar-refractivity contribution is -0.0634. The zero-order valence-electron chi connectivity index (χ0n) is 15.2. The van der Waals surface area contributed by atoms with E-state index in [9.17, 15) is 9.18 Å². The van der Waals surface area contributed by atoms with Crippen molar-refractivity contribution in [2.75, 3.05) is 18.4 Å². The van der Waals surface area contributed by atoms with Gasteiger partial charge in [0.1, 0.15) is 11.4 Å². The molecule has 0 aliphatic carbocycles. The van der Waals surface area contributed by atoms with E-state index in [1.165, 1.54) is 17.7 Å². The fraction of sp³-hybridized carbons (Fsp3) is 0.286. The number of halogens is 1. The van der Waals surface area contributed by atoms with Gasteiger partial charge in [0.25, 0.3) is 0 Å². The molecular formula is C21H22FN3O2. The van der Waals surface area contributed by atoms with Gasteiger partial charge in [-0.3, -0.25) is 10.3 Å². The van der Waals surface area contributed by atoms with Gasteiger partial charge in [0, 0.05) is 31.6 Å². The molecule has 2 amide bonds. The Kier molecular flexibility index (Phi) is 4.58. The zero-order valence-corrected chi connectivity index (χ0v) is 15.2. The van der Waals surface area contributed by atoms with Crippen LogP contribution in [-0.4, -0.2) is 29.6 Å². The van der Waals surface area contributed by atoms with Crippen LogP contribution in [0.4, 0.5) is 14.9 Å². The molecule has 0 unspecified atom stereocenters. The van der Waals surface area contributed by atoms with Crippen LogP contribution in [0.15, 0.2) is 54.6 Å². The first-order chi connectivity index (χ1) is 13.0. The van der Waals surface area contributed by atoms with Crippen LogP contribution >= 0.6 is 0 Å². The van der Waals surface area contributed by atoms with E-state index in [-0.39, 0.29) is 11.8 Å². The summed E-state index contributed by atoms with van der Waals surface area (Å²) in [6.07, 6.45) is 3.53. The number of amides is 2. The van der Waals surface area contributed by atoms with Crippen molar-refractivity contribution in [2.45, 2.75) is 25.4 Å². The number of carbonyl (C=O) groups is 1.